The highest BCUT2D eigenvalue weighted by atomic mass is 19.4. The Morgan fingerprint density at radius 2 is 1.49 bits per heavy atom. The van der Waals surface area contributed by atoms with Gasteiger partial charge in [0.2, 0.25) is 0 Å². The van der Waals surface area contributed by atoms with Crippen molar-refractivity contribution in [1.82, 2.24) is 9.55 Å². The maximum Gasteiger partial charge on any atom is 0.417 e. The van der Waals surface area contributed by atoms with Crippen molar-refractivity contribution in [3.05, 3.63) is 124 Å². The number of rotatable bonds is 6. The Morgan fingerprint density at radius 3 is 2.14 bits per heavy atom. The molecule has 0 saturated carbocycles. The van der Waals surface area contributed by atoms with Gasteiger partial charge in [0.25, 0.3) is 0 Å². The third-order valence-corrected chi connectivity index (χ3v) is 5.72. The largest absolute Gasteiger partial charge is 0.417 e. The topological polar surface area (TPSA) is 59.0 Å². The molecule has 5 aromatic rings. The molecule has 0 spiro atoms. The van der Waals surface area contributed by atoms with Crippen molar-refractivity contribution in [2.45, 2.75) is 12.7 Å². The molecular weight excluding hydrogens is 484 g/mol. The molecule has 0 aliphatic heterocycles. The lowest BCUT2D eigenvalue weighted by Gasteiger charge is -2.20. The lowest BCUT2D eigenvalue weighted by Crippen LogP contribution is -2.19. The second-order valence-electron chi connectivity index (χ2n) is 8.29. The molecule has 2 N–H and O–H groups in total. The number of halogens is 4. The highest BCUT2D eigenvalue weighted by Gasteiger charge is 2.35. The number of alkyl halides is 3. The fourth-order valence-corrected chi connectivity index (χ4v) is 4.02. The lowest BCUT2D eigenvalue weighted by atomic mass is 10.1. The molecule has 5 nitrogen and oxygen atoms in total. The van der Waals surface area contributed by atoms with Crippen LogP contribution in [0.5, 0.6) is 0 Å². The summed E-state index contributed by atoms with van der Waals surface area (Å²) in [6.07, 6.45) is -4.81. The normalized spacial score (nSPS) is 11.5. The minimum Gasteiger partial charge on any atom is -0.366 e. The molecule has 0 aliphatic rings. The number of benzene rings is 3. The Labute approximate surface area is 209 Å². The fraction of sp³-hybridized carbons (Fsp3) is 0.0714. The van der Waals surface area contributed by atoms with Crippen LogP contribution in [0.1, 0.15) is 11.1 Å². The Hall–Kier alpha value is -4.66. The average Bonchev–Trinajstić information content (AvgIpc) is 2.88. The second kappa shape index (κ2) is 9.77. The highest BCUT2D eigenvalue weighted by Crippen LogP contribution is 2.36. The first kappa shape index (κ1) is 24.1. The number of nitrogens with zero attached hydrogens (tertiary/aromatic N) is 2. The quantitative estimate of drug-likeness (QED) is 0.247. The van der Waals surface area contributed by atoms with Gasteiger partial charge >= 0.3 is 6.18 Å². The van der Waals surface area contributed by atoms with Crippen molar-refractivity contribution in [2.24, 2.45) is 0 Å². The molecule has 0 unspecified atom stereocenters. The van der Waals surface area contributed by atoms with E-state index in [2.05, 4.69) is 15.6 Å². The number of anilines is 3. The van der Waals surface area contributed by atoms with E-state index >= 15 is 0 Å². The molecule has 0 radical (unpaired) electrons. The number of nitrogens with one attached hydrogen (secondary N) is 2. The lowest BCUT2D eigenvalue weighted by molar-refractivity contribution is -0.136. The zero-order valence-corrected chi connectivity index (χ0v) is 19.3. The van der Waals surface area contributed by atoms with Gasteiger partial charge in [0, 0.05) is 24.0 Å². The number of para-hydroxylation sites is 2. The maximum atomic E-state index is 14.2. The van der Waals surface area contributed by atoms with Crippen LogP contribution in [0, 0.1) is 5.82 Å². The average molecular weight is 504 g/mol. The molecule has 0 aliphatic carbocycles. The molecule has 0 saturated heterocycles. The van der Waals surface area contributed by atoms with E-state index < -0.39 is 28.4 Å². The molecule has 5 rings (SSSR count). The summed E-state index contributed by atoms with van der Waals surface area (Å²) in [6, 6.07) is 25.2. The summed E-state index contributed by atoms with van der Waals surface area (Å²) in [5, 5.41) is 5.47. The standard InChI is InChI=1S/C28H20F4N4O/c29-19-13-11-18(12-14-19)17-33-24-15-22(28(30,31)32)26-23(37)16-25(34-20-7-3-1-4-8-20)36(27(26)35-24)21-9-5-2-6-10-21/h1-16,34H,17H2,(H,33,35). The van der Waals surface area contributed by atoms with Crippen LogP contribution in [0.2, 0.25) is 0 Å². The van der Waals surface area contributed by atoms with Crippen LogP contribution in [-0.4, -0.2) is 9.55 Å². The van der Waals surface area contributed by atoms with Gasteiger partial charge in [0.15, 0.2) is 11.1 Å². The van der Waals surface area contributed by atoms with E-state index in [1.165, 1.54) is 28.8 Å². The summed E-state index contributed by atoms with van der Waals surface area (Å²) in [5.41, 5.74) is -0.259. The van der Waals surface area contributed by atoms with Crippen molar-refractivity contribution < 1.29 is 17.6 Å². The smallest absolute Gasteiger partial charge is 0.366 e. The second-order valence-corrected chi connectivity index (χ2v) is 8.29. The van der Waals surface area contributed by atoms with Gasteiger partial charge < -0.3 is 10.6 Å². The SMILES string of the molecule is O=c1cc(Nc2ccccc2)n(-c2ccccc2)c2nc(NCc3ccc(F)cc3)cc(C(F)(F)F)c12. The highest BCUT2D eigenvalue weighted by molar-refractivity contribution is 5.86. The third kappa shape index (κ3) is 5.16. The molecule has 37 heavy (non-hydrogen) atoms. The summed E-state index contributed by atoms with van der Waals surface area (Å²) < 4.78 is 57.4. The van der Waals surface area contributed by atoms with E-state index in [0.717, 1.165) is 12.1 Å². The van der Waals surface area contributed by atoms with E-state index in [0.29, 0.717) is 16.9 Å². The van der Waals surface area contributed by atoms with Gasteiger partial charge in [-0.25, -0.2) is 9.37 Å². The van der Waals surface area contributed by atoms with Gasteiger partial charge in [-0.3, -0.25) is 9.36 Å². The van der Waals surface area contributed by atoms with Crippen molar-refractivity contribution in [2.75, 3.05) is 10.6 Å². The molecule has 3 aromatic carbocycles. The van der Waals surface area contributed by atoms with Crippen LogP contribution in [-0.2, 0) is 12.7 Å². The summed E-state index contributed by atoms with van der Waals surface area (Å²) >= 11 is 0. The zero-order chi connectivity index (χ0) is 26.0. The monoisotopic (exact) mass is 504 g/mol. The van der Waals surface area contributed by atoms with Crippen molar-refractivity contribution >= 4 is 28.4 Å². The number of aromatic nitrogens is 2. The Balaban J connectivity index is 1.73. The van der Waals surface area contributed by atoms with E-state index in [4.69, 9.17) is 0 Å². The van der Waals surface area contributed by atoms with E-state index in [9.17, 15) is 22.4 Å². The first-order valence-electron chi connectivity index (χ1n) is 11.3. The molecule has 0 bridgehead atoms. The van der Waals surface area contributed by atoms with Gasteiger partial charge in [-0.1, -0.05) is 48.5 Å². The van der Waals surface area contributed by atoms with E-state index in [1.54, 1.807) is 54.6 Å². The predicted octanol–water partition coefficient (Wildman–Crippen LogP) is 6.90. The van der Waals surface area contributed by atoms with Gasteiger partial charge in [0.1, 0.15) is 17.5 Å². The molecule has 2 aromatic heterocycles. The van der Waals surface area contributed by atoms with Gasteiger partial charge in [0.05, 0.1) is 10.9 Å². The first-order chi connectivity index (χ1) is 17.8. The molecule has 0 fully saturated rings. The molecule has 9 heteroatoms. The summed E-state index contributed by atoms with van der Waals surface area (Å²) in [7, 11) is 0. The number of hydrogen-bond donors (Lipinski definition) is 2. The first-order valence-corrected chi connectivity index (χ1v) is 11.3. The van der Waals surface area contributed by atoms with Crippen LogP contribution >= 0.6 is 0 Å². The number of pyridine rings is 2. The van der Waals surface area contributed by atoms with Crippen LogP contribution in [0.3, 0.4) is 0 Å². The van der Waals surface area contributed by atoms with E-state index in [1.807, 2.05) is 6.07 Å². The van der Waals surface area contributed by atoms with Crippen molar-refractivity contribution in [3.63, 3.8) is 0 Å². The van der Waals surface area contributed by atoms with Crippen LogP contribution < -0.4 is 16.1 Å². The molecular formula is C28H20F4N4O. The van der Waals surface area contributed by atoms with Gasteiger partial charge in [-0.2, -0.15) is 13.2 Å². The Morgan fingerprint density at radius 1 is 0.838 bits per heavy atom. The van der Waals surface area contributed by atoms with Crippen LogP contribution in [0.25, 0.3) is 16.7 Å². The van der Waals surface area contributed by atoms with E-state index in [-0.39, 0.29) is 23.8 Å². The summed E-state index contributed by atoms with van der Waals surface area (Å²) in [4.78, 5) is 17.6. The molecule has 2 heterocycles. The van der Waals surface area contributed by atoms with Crippen LogP contribution in [0.15, 0.2) is 102 Å². The molecule has 186 valence electrons. The Kier molecular flexibility index (Phi) is 6.35. The minimum absolute atomic E-state index is 0.0786. The van der Waals surface area contributed by atoms with Crippen molar-refractivity contribution in [1.29, 1.82) is 0 Å². The summed E-state index contributed by atoms with van der Waals surface area (Å²) in [6.45, 7) is 0.105. The minimum atomic E-state index is -4.81. The molecule has 0 amide bonds. The zero-order valence-electron chi connectivity index (χ0n) is 19.3. The number of fused-ring (bicyclic) bond motifs is 1. The van der Waals surface area contributed by atoms with Gasteiger partial charge in [-0.05, 0) is 48.0 Å². The van der Waals surface area contributed by atoms with Crippen LogP contribution in [0.4, 0.5) is 34.9 Å². The Bertz CT molecular complexity index is 1600. The van der Waals surface area contributed by atoms with Gasteiger partial charge in [-0.15, -0.1) is 0 Å². The molecule has 0 atom stereocenters. The predicted molar refractivity (Wildman–Crippen MR) is 136 cm³/mol. The third-order valence-electron chi connectivity index (χ3n) is 5.72. The number of hydrogen-bond acceptors (Lipinski definition) is 4. The van der Waals surface area contributed by atoms with Crippen molar-refractivity contribution in [3.8, 4) is 5.69 Å². The summed E-state index contributed by atoms with van der Waals surface area (Å²) in [5.74, 6) is -0.242. The maximum absolute atomic E-state index is 14.2. The fourth-order valence-electron chi connectivity index (χ4n) is 4.02.